The number of halogens is 1. The molecule has 0 aliphatic carbocycles. The molecule has 190 valence electrons. The maximum absolute atomic E-state index is 13.0. The Kier molecular flexibility index (Phi) is 13.7. The van der Waals surface area contributed by atoms with Crippen LogP contribution in [-0.2, 0) is 25.5 Å². The maximum atomic E-state index is 13.0. The predicted molar refractivity (Wildman–Crippen MR) is 134 cm³/mol. The predicted octanol–water partition coefficient (Wildman–Crippen LogP) is 1.77. The number of amides is 2. The minimum absolute atomic E-state index is 0. The van der Waals surface area contributed by atoms with Gasteiger partial charge in [-0.05, 0) is 37.7 Å². The molecule has 1 aliphatic rings. The van der Waals surface area contributed by atoms with E-state index in [1.165, 1.54) is 12.7 Å². The van der Waals surface area contributed by atoms with Gasteiger partial charge in [-0.3, -0.25) is 19.4 Å². The Morgan fingerprint density at radius 2 is 1.88 bits per heavy atom. The fourth-order valence-electron chi connectivity index (χ4n) is 4.11. The number of benzene rings is 1. The first-order valence-electron chi connectivity index (χ1n) is 11.6. The summed E-state index contributed by atoms with van der Waals surface area (Å²) >= 11 is 0. The molecule has 2 rings (SSSR count). The van der Waals surface area contributed by atoms with Crippen LogP contribution in [0.5, 0.6) is 0 Å². The van der Waals surface area contributed by atoms with Crippen LogP contribution in [0.15, 0.2) is 35.3 Å². The van der Waals surface area contributed by atoms with Gasteiger partial charge in [0, 0.05) is 32.1 Å². The lowest BCUT2D eigenvalue weighted by Crippen LogP contribution is -2.42. The van der Waals surface area contributed by atoms with E-state index in [0.29, 0.717) is 32.5 Å². The molecular formula is C24H38ClN5O4. The van der Waals surface area contributed by atoms with Crippen LogP contribution in [0, 0.1) is 5.92 Å². The number of rotatable bonds is 14. The Morgan fingerprint density at radius 1 is 1.15 bits per heavy atom. The molecule has 5 N–H and O–H groups in total. The van der Waals surface area contributed by atoms with Crippen LogP contribution in [0.25, 0.3) is 0 Å². The topological polar surface area (TPSA) is 140 Å². The highest BCUT2D eigenvalue weighted by Gasteiger charge is 2.40. The molecule has 0 bridgehead atoms. The Labute approximate surface area is 208 Å². The number of nitrogens with one attached hydrogen (secondary N) is 1. The number of methoxy groups -OCH3 is 1. The summed E-state index contributed by atoms with van der Waals surface area (Å²) in [5.74, 6) is -0.773. The summed E-state index contributed by atoms with van der Waals surface area (Å²) in [6.07, 6.45) is 5.16. The van der Waals surface area contributed by atoms with Crippen molar-refractivity contribution in [3.63, 3.8) is 0 Å². The summed E-state index contributed by atoms with van der Waals surface area (Å²) in [5.41, 5.74) is 11.8. The summed E-state index contributed by atoms with van der Waals surface area (Å²) in [4.78, 5) is 42.7. The number of guanidine groups is 1. The molecule has 1 heterocycles. The number of carbonyl (C=O) groups excluding carboxylic acids is 3. The van der Waals surface area contributed by atoms with Crippen molar-refractivity contribution >= 4 is 36.2 Å². The number of nitrogens with zero attached hydrogens (tertiary/aromatic N) is 2. The molecule has 1 aliphatic heterocycles. The van der Waals surface area contributed by atoms with Gasteiger partial charge in [-0.1, -0.05) is 36.8 Å². The molecule has 0 spiro atoms. The number of hydrogen-bond acceptors (Lipinski definition) is 5. The van der Waals surface area contributed by atoms with Crippen molar-refractivity contribution in [2.75, 3.05) is 26.7 Å². The first-order chi connectivity index (χ1) is 15.9. The quantitative estimate of drug-likeness (QED) is 0.155. The summed E-state index contributed by atoms with van der Waals surface area (Å²) < 4.78 is 4.75. The molecule has 0 saturated carbocycles. The molecule has 2 amide bonds. The van der Waals surface area contributed by atoms with Crippen molar-refractivity contribution in [2.45, 2.75) is 57.4 Å². The van der Waals surface area contributed by atoms with Gasteiger partial charge in [0.1, 0.15) is 0 Å². The second kappa shape index (κ2) is 15.9. The summed E-state index contributed by atoms with van der Waals surface area (Å²) in [5, 5.41) is 2.96. The molecular weight excluding hydrogens is 458 g/mol. The van der Waals surface area contributed by atoms with Gasteiger partial charge in [0.2, 0.25) is 11.8 Å². The van der Waals surface area contributed by atoms with E-state index in [9.17, 15) is 14.4 Å². The Balaban J connectivity index is 0.00000578. The number of esters is 1. The molecule has 10 heteroatoms. The van der Waals surface area contributed by atoms with Crippen molar-refractivity contribution in [2.24, 2.45) is 22.4 Å². The van der Waals surface area contributed by atoms with E-state index in [-0.39, 0.29) is 48.6 Å². The van der Waals surface area contributed by atoms with Crippen LogP contribution in [0.1, 0.15) is 50.5 Å². The van der Waals surface area contributed by atoms with E-state index in [0.717, 1.165) is 32.1 Å². The van der Waals surface area contributed by atoms with Crippen molar-refractivity contribution in [1.82, 2.24) is 10.2 Å². The third-order valence-corrected chi connectivity index (χ3v) is 5.87. The fraction of sp³-hybridized carbons (Fsp3) is 0.583. The van der Waals surface area contributed by atoms with Gasteiger partial charge >= 0.3 is 5.97 Å². The molecule has 1 saturated heterocycles. The van der Waals surface area contributed by atoms with Gasteiger partial charge in [0.25, 0.3) is 0 Å². The van der Waals surface area contributed by atoms with Crippen LogP contribution in [0.4, 0.5) is 0 Å². The summed E-state index contributed by atoms with van der Waals surface area (Å²) in [6.45, 7) is 1.55. The highest BCUT2D eigenvalue weighted by molar-refractivity contribution is 5.86. The lowest BCUT2D eigenvalue weighted by Gasteiger charge is -2.25. The molecule has 2 atom stereocenters. The van der Waals surface area contributed by atoms with E-state index < -0.39 is 5.92 Å². The van der Waals surface area contributed by atoms with Crippen LogP contribution in [0.3, 0.4) is 0 Å². The average Bonchev–Trinajstić information content (AvgIpc) is 3.09. The highest BCUT2D eigenvalue weighted by atomic mass is 35.5. The van der Waals surface area contributed by atoms with Crippen molar-refractivity contribution in [1.29, 1.82) is 0 Å². The number of likely N-dealkylation sites (tertiary alicyclic amines) is 1. The summed E-state index contributed by atoms with van der Waals surface area (Å²) in [7, 11) is 1.33. The van der Waals surface area contributed by atoms with E-state index in [4.69, 9.17) is 16.2 Å². The molecule has 1 aromatic rings. The zero-order valence-electron chi connectivity index (χ0n) is 19.9. The van der Waals surface area contributed by atoms with Crippen molar-refractivity contribution < 1.29 is 19.1 Å². The first-order valence-corrected chi connectivity index (χ1v) is 11.6. The molecule has 34 heavy (non-hydrogen) atoms. The smallest absolute Gasteiger partial charge is 0.306 e. The van der Waals surface area contributed by atoms with Crippen LogP contribution in [-0.4, -0.2) is 61.4 Å². The number of aliphatic imine (C=N–C) groups is 1. The largest absolute Gasteiger partial charge is 0.469 e. The van der Waals surface area contributed by atoms with Crippen LogP contribution >= 0.6 is 12.4 Å². The third-order valence-electron chi connectivity index (χ3n) is 5.87. The average molecular weight is 496 g/mol. The Morgan fingerprint density at radius 3 is 2.56 bits per heavy atom. The lowest BCUT2D eigenvalue weighted by molar-refractivity contribution is -0.144. The molecule has 0 unspecified atom stereocenters. The van der Waals surface area contributed by atoms with Gasteiger partial charge in [0.05, 0.1) is 19.4 Å². The zero-order valence-corrected chi connectivity index (χ0v) is 20.7. The number of ether oxygens (including phenoxy) is 1. The van der Waals surface area contributed by atoms with E-state index in [1.54, 1.807) is 0 Å². The molecule has 0 radical (unpaired) electrons. The van der Waals surface area contributed by atoms with Gasteiger partial charge < -0.3 is 26.4 Å². The number of carbonyl (C=O) groups is 3. The number of unbranched alkanes of at least 4 members (excludes halogenated alkanes) is 2. The Bertz CT molecular complexity index is 802. The second-order valence-electron chi connectivity index (χ2n) is 8.41. The first kappa shape index (κ1) is 29.2. The normalized spacial score (nSPS) is 17.1. The molecule has 1 aromatic carbocycles. The number of nitrogens with two attached hydrogens (primary N) is 2. The highest BCUT2D eigenvalue weighted by Crippen LogP contribution is 2.28. The van der Waals surface area contributed by atoms with Gasteiger partial charge in [-0.15, -0.1) is 12.4 Å². The minimum Gasteiger partial charge on any atom is -0.469 e. The van der Waals surface area contributed by atoms with Crippen LogP contribution < -0.4 is 16.8 Å². The van der Waals surface area contributed by atoms with Crippen LogP contribution in [0.2, 0.25) is 0 Å². The monoisotopic (exact) mass is 495 g/mol. The van der Waals surface area contributed by atoms with Gasteiger partial charge in [-0.2, -0.15) is 0 Å². The fourth-order valence-corrected chi connectivity index (χ4v) is 4.11. The molecule has 0 aromatic heterocycles. The van der Waals surface area contributed by atoms with E-state index in [2.05, 4.69) is 22.4 Å². The molecule has 9 nitrogen and oxygen atoms in total. The minimum atomic E-state index is -0.397. The van der Waals surface area contributed by atoms with Crippen molar-refractivity contribution in [3.8, 4) is 0 Å². The van der Waals surface area contributed by atoms with E-state index in [1.807, 2.05) is 23.1 Å². The van der Waals surface area contributed by atoms with E-state index >= 15 is 0 Å². The Hall–Kier alpha value is -2.81. The van der Waals surface area contributed by atoms with Crippen molar-refractivity contribution in [3.05, 3.63) is 35.9 Å². The van der Waals surface area contributed by atoms with Gasteiger partial charge in [-0.25, -0.2) is 0 Å². The standard InChI is InChI=1S/C24H37N5O4.ClH/c1-33-22(31)16-19-15-20(17-28-21(30)12-6-3-7-13-27-24(25)26)29(23(19)32)14-8-11-18-9-4-2-5-10-18;/h2,4-5,9-10,19-20H,3,6-8,11-17H2,1H3,(H,28,30)(H4,25,26,27);1H/t19-,20-;/m0./s1. The third kappa shape index (κ3) is 10.4. The zero-order chi connectivity index (χ0) is 24.1. The van der Waals surface area contributed by atoms with Gasteiger partial charge in [0.15, 0.2) is 5.96 Å². The lowest BCUT2D eigenvalue weighted by atomic mass is 10.0. The SMILES string of the molecule is COC(=O)C[C@@H]1C[C@@H](CNC(=O)CCCCCN=C(N)N)N(CCCc2ccccc2)C1=O.Cl. The number of hydrogen-bond donors (Lipinski definition) is 3. The summed E-state index contributed by atoms with van der Waals surface area (Å²) in [6, 6.07) is 10.0. The maximum Gasteiger partial charge on any atom is 0.306 e. The molecule has 1 fully saturated rings. The number of aryl methyl sites for hydroxylation is 1. The second-order valence-corrected chi connectivity index (χ2v) is 8.41.